The van der Waals surface area contributed by atoms with Crippen LogP contribution in [0.4, 0.5) is 4.79 Å². The lowest BCUT2D eigenvalue weighted by Gasteiger charge is -2.48. The molecule has 0 aromatic heterocycles. The van der Waals surface area contributed by atoms with E-state index < -0.39 is 5.60 Å². The maximum atomic E-state index is 11.9. The minimum atomic E-state index is -0.421. The molecule has 0 N–H and O–H groups in total. The number of ether oxygens (including phenoxy) is 1. The summed E-state index contributed by atoms with van der Waals surface area (Å²) in [6.07, 6.45) is -0.212. The van der Waals surface area contributed by atoms with Crippen molar-refractivity contribution in [3.63, 3.8) is 0 Å². The fourth-order valence-electron chi connectivity index (χ4n) is 2.27. The van der Waals surface area contributed by atoms with Crippen molar-refractivity contribution in [2.75, 3.05) is 13.1 Å². The zero-order valence-electron chi connectivity index (χ0n) is 11.6. The summed E-state index contributed by atoms with van der Waals surface area (Å²) in [5, 5.41) is 0. The monoisotopic (exact) mass is 247 g/mol. The first-order valence-corrected chi connectivity index (χ1v) is 6.34. The molecule has 1 aromatic carbocycles. The van der Waals surface area contributed by atoms with Crippen LogP contribution in [-0.2, 0) is 10.2 Å². The molecule has 1 heterocycles. The van der Waals surface area contributed by atoms with Gasteiger partial charge in [0.15, 0.2) is 0 Å². The molecule has 1 saturated heterocycles. The lowest BCUT2D eigenvalue weighted by atomic mass is 9.76. The van der Waals surface area contributed by atoms with E-state index in [1.807, 2.05) is 39.0 Å². The molecule has 0 bridgehead atoms. The van der Waals surface area contributed by atoms with Crippen LogP contribution in [0.1, 0.15) is 33.3 Å². The molecular weight excluding hydrogens is 226 g/mol. The fourth-order valence-corrected chi connectivity index (χ4v) is 2.27. The second kappa shape index (κ2) is 4.30. The molecule has 0 spiro atoms. The van der Waals surface area contributed by atoms with E-state index in [0.29, 0.717) is 0 Å². The van der Waals surface area contributed by atoms with Gasteiger partial charge in [0.2, 0.25) is 0 Å². The third kappa shape index (κ3) is 2.66. The standard InChI is InChI=1S/C15H21NO2/c1-14(2,3)18-13(17)16-10-15(4,11-16)12-8-6-5-7-9-12/h5-9H,10-11H2,1-4H3. The lowest BCUT2D eigenvalue weighted by Crippen LogP contribution is -2.60. The quantitative estimate of drug-likeness (QED) is 0.762. The van der Waals surface area contributed by atoms with Crippen LogP contribution in [-0.4, -0.2) is 29.7 Å². The Morgan fingerprint density at radius 3 is 2.28 bits per heavy atom. The summed E-state index contributed by atoms with van der Waals surface area (Å²) in [5.74, 6) is 0. The van der Waals surface area contributed by atoms with Crippen LogP contribution in [0.2, 0.25) is 0 Å². The van der Waals surface area contributed by atoms with Crippen LogP contribution >= 0.6 is 0 Å². The van der Waals surface area contributed by atoms with Crippen LogP contribution in [0.5, 0.6) is 0 Å². The minimum Gasteiger partial charge on any atom is -0.444 e. The van der Waals surface area contributed by atoms with Crippen LogP contribution in [0, 0.1) is 0 Å². The molecule has 98 valence electrons. The van der Waals surface area contributed by atoms with E-state index in [9.17, 15) is 4.79 Å². The average molecular weight is 247 g/mol. The van der Waals surface area contributed by atoms with E-state index in [0.717, 1.165) is 13.1 Å². The molecule has 18 heavy (non-hydrogen) atoms. The summed E-state index contributed by atoms with van der Waals surface area (Å²) >= 11 is 0. The third-order valence-corrected chi connectivity index (χ3v) is 3.20. The first-order chi connectivity index (χ1) is 8.30. The second-order valence-electron chi connectivity index (χ2n) is 6.26. The SMILES string of the molecule is CC(C)(C)OC(=O)N1CC(C)(c2ccccc2)C1. The van der Waals surface area contributed by atoms with Gasteiger partial charge in [-0.1, -0.05) is 37.3 Å². The van der Waals surface area contributed by atoms with Crippen molar-refractivity contribution < 1.29 is 9.53 Å². The van der Waals surface area contributed by atoms with Gasteiger partial charge in [-0.15, -0.1) is 0 Å². The Morgan fingerprint density at radius 1 is 1.22 bits per heavy atom. The van der Waals surface area contributed by atoms with E-state index in [-0.39, 0.29) is 11.5 Å². The number of rotatable bonds is 1. The van der Waals surface area contributed by atoms with Crippen molar-refractivity contribution >= 4 is 6.09 Å². The zero-order chi connectivity index (χ0) is 13.4. The Kier molecular flexibility index (Phi) is 3.09. The topological polar surface area (TPSA) is 29.5 Å². The van der Waals surface area contributed by atoms with Crippen molar-refractivity contribution in [2.24, 2.45) is 0 Å². The average Bonchev–Trinajstić information content (AvgIpc) is 2.23. The van der Waals surface area contributed by atoms with Crippen molar-refractivity contribution in [1.29, 1.82) is 0 Å². The fraction of sp³-hybridized carbons (Fsp3) is 0.533. The highest BCUT2D eigenvalue weighted by atomic mass is 16.6. The van der Waals surface area contributed by atoms with Gasteiger partial charge in [-0.05, 0) is 26.3 Å². The molecule has 1 amide bonds. The van der Waals surface area contributed by atoms with E-state index >= 15 is 0 Å². The normalized spacial score (nSPS) is 18.1. The summed E-state index contributed by atoms with van der Waals surface area (Å²) in [5.41, 5.74) is 0.929. The van der Waals surface area contributed by atoms with Gasteiger partial charge >= 0.3 is 6.09 Å². The second-order valence-corrected chi connectivity index (χ2v) is 6.26. The van der Waals surface area contributed by atoms with E-state index in [1.54, 1.807) is 4.90 Å². The van der Waals surface area contributed by atoms with Crippen molar-refractivity contribution in [3.05, 3.63) is 35.9 Å². The Hall–Kier alpha value is -1.51. The van der Waals surface area contributed by atoms with Gasteiger partial charge < -0.3 is 9.64 Å². The molecule has 0 radical (unpaired) electrons. The van der Waals surface area contributed by atoms with E-state index in [1.165, 1.54) is 5.56 Å². The molecule has 1 aliphatic heterocycles. The Morgan fingerprint density at radius 2 is 1.78 bits per heavy atom. The summed E-state index contributed by atoms with van der Waals surface area (Å²) in [6, 6.07) is 10.3. The number of carbonyl (C=O) groups excluding carboxylic acids is 1. The largest absolute Gasteiger partial charge is 0.444 e. The van der Waals surface area contributed by atoms with Crippen molar-refractivity contribution in [3.8, 4) is 0 Å². The molecule has 3 nitrogen and oxygen atoms in total. The van der Waals surface area contributed by atoms with Gasteiger partial charge in [0.25, 0.3) is 0 Å². The van der Waals surface area contributed by atoms with Gasteiger partial charge in [0.05, 0.1) is 0 Å². The smallest absolute Gasteiger partial charge is 0.410 e. The first-order valence-electron chi connectivity index (χ1n) is 6.34. The van der Waals surface area contributed by atoms with Crippen LogP contribution < -0.4 is 0 Å². The summed E-state index contributed by atoms with van der Waals surface area (Å²) in [4.78, 5) is 13.6. The van der Waals surface area contributed by atoms with Crippen LogP contribution in [0.25, 0.3) is 0 Å². The highest BCUT2D eigenvalue weighted by molar-refractivity contribution is 5.70. The highest BCUT2D eigenvalue weighted by Crippen LogP contribution is 2.34. The molecular formula is C15H21NO2. The van der Waals surface area contributed by atoms with Gasteiger partial charge in [-0.2, -0.15) is 0 Å². The number of carbonyl (C=O) groups is 1. The predicted octanol–water partition coefficient (Wildman–Crippen LogP) is 3.20. The van der Waals surface area contributed by atoms with Crippen LogP contribution in [0.3, 0.4) is 0 Å². The number of benzene rings is 1. The number of hydrogen-bond donors (Lipinski definition) is 0. The maximum absolute atomic E-state index is 11.9. The molecule has 0 atom stereocenters. The summed E-state index contributed by atoms with van der Waals surface area (Å²) in [6.45, 7) is 9.31. The maximum Gasteiger partial charge on any atom is 0.410 e. The van der Waals surface area contributed by atoms with Crippen LogP contribution in [0.15, 0.2) is 30.3 Å². The highest BCUT2D eigenvalue weighted by Gasteiger charge is 2.43. The van der Waals surface area contributed by atoms with E-state index in [4.69, 9.17) is 4.74 Å². The molecule has 0 aliphatic carbocycles. The molecule has 0 saturated carbocycles. The minimum absolute atomic E-state index is 0.0676. The van der Waals surface area contributed by atoms with Gasteiger partial charge in [-0.25, -0.2) is 4.79 Å². The molecule has 0 unspecified atom stereocenters. The van der Waals surface area contributed by atoms with Gasteiger partial charge in [0, 0.05) is 18.5 Å². The predicted molar refractivity (Wildman–Crippen MR) is 71.6 cm³/mol. The molecule has 1 aliphatic rings. The Bertz CT molecular complexity index is 428. The Balaban J connectivity index is 1.96. The number of hydrogen-bond acceptors (Lipinski definition) is 2. The number of likely N-dealkylation sites (tertiary alicyclic amines) is 1. The Labute approximate surface area is 109 Å². The first kappa shape index (κ1) is 12.9. The number of amides is 1. The molecule has 2 rings (SSSR count). The van der Waals surface area contributed by atoms with Crippen molar-refractivity contribution in [1.82, 2.24) is 4.90 Å². The zero-order valence-corrected chi connectivity index (χ0v) is 11.6. The molecule has 1 fully saturated rings. The van der Waals surface area contributed by atoms with Gasteiger partial charge in [-0.3, -0.25) is 0 Å². The van der Waals surface area contributed by atoms with Gasteiger partial charge in [0.1, 0.15) is 5.60 Å². The van der Waals surface area contributed by atoms with E-state index in [2.05, 4.69) is 19.1 Å². The number of nitrogens with zero attached hydrogens (tertiary/aromatic N) is 1. The molecule has 3 heteroatoms. The third-order valence-electron chi connectivity index (χ3n) is 3.20. The molecule has 1 aromatic rings. The van der Waals surface area contributed by atoms with Crippen molar-refractivity contribution in [2.45, 2.75) is 38.7 Å². The lowest BCUT2D eigenvalue weighted by molar-refractivity contribution is -0.00650. The summed E-state index contributed by atoms with van der Waals surface area (Å²) in [7, 11) is 0. The summed E-state index contributed by atoms with van der Waals surface area (Å²) < 4.78 is 5.36.